The zero-order valence-corrected chi connectivity index (χ0v) is 19.6. The summed E-state index contributed by atoms with van der Waals surface area (Å²) in [4.78, 5) is 25.5. The molecule has 0 saturated carbocycles. The van der Waals surface area contributed by atoms with Crippen LogP contribution >= 0.6 is 11.3 Å². The lowest BCUT2D eigenvalue weighted by Crippen LogP contribution is -2.24. The van der Waals surface area contributed by atoms with Gasteiger partial charge in [0.15, 0.2) is 0 Å². The fraction of sp³-hybridized carbons (Fsp3) is 0.292. The molecule has 172 valence electrons. The van der Waals surface area contributed by atoms with Crippen LogP contribution in [0.2, 0.25) is 0 Å². The summed E-state index contributed by atoms with van der Waals surface area (Å²) < 4.78 is 7.20. The van der Waals surface area contributed by atoms with Crippen molar-refractivity contribution in [1.82, 2.24) is 9.99 Å². The van der Waals surface area contributed by atoms with Gasteiger partial charge in [0.05, 0.1) is 24.6 Å². The first-order valence-electron chi connectivity index (χ1n) is 10.7. The molecule has 1 aromatic carbocycles. The number of carbonyl (C=O) groups excluding carboxylic acids is 1. The molecule has 2 heterocycles. The number of nitrogens with one attached hydrogen (secondary N) is 2. The smallest absolute Gasteiger partial charge is 0.339 e. The third-order valence-electron chi connectivity index (χ3n) is 5.76. The van der Waals surface area contributed by atoms with Crippen LogP contribution in [0.15, 0.2) is 35.4 Å². The first-order chi connectivity index (χ1) is 15.9. The van der Waals surface area contributed by atoms with E-state index in [1.807, 2.05) is 30.5 Å². The first-order valence-corrected chi connectivity index (χ1v) is 11.5. The fourth-order valence-electron chi connectivity index (χ4n) is 4.22. The van der Waals surface area contributed by atoms with Crippen molar-refractivity contribution in [3.63, 3.8) is 0 Å². The summed E-state index contributed by atoms with van der Waals surface area (Å²) in [5.41, 5.74) is 6.96. The summed E-state index contributed by atoms with van der Waals surface area (Å²) in [6.07, 6.45) is 5.42. The molecule has 0 fully saturated rings. The summed E-state index contributed by atoms with van der Waals surface area (Å²) in [5.74, 6) is -0.338. The number of carboxylic acid groups (broad SMARTS) is 1. The van der Waals surface area contributed by atoms with Gasteiger partial charge in [0, 0.05) is 21.8 Å². The van der Waals surface area contributed by atoms with E-state index < -0.39 is 12.0 Å². The second kappa shape index (κ2) is 9.50. The third-order valence-corrected chi connectivity index (χ3v) is 7.04. The quantitative estimate of drug-likeness (QED) is 0.355. The van der Waals surface area contributed by atoms with Crippen molar-refractivity contribution in [2.75, 3.05) is 12.4 Å². The number of anilines is 1. The molecule has 3 aromatic rings. The Morgan fingerprint density at radius 3 is 2.73 bits per heavy atom. The number of hydrogen-bond donors (Lipinski definition) is 3. The van der Waals surface area contributed by atoms with Crippen LogP contribution in [-0.2, 0) is 12.8 Å². The topological polar surface area (TPSA) is 105 Å². The molecule has 0 radical (unpaired) electrons. The molecule has 0 unspecified atom stereocenters. The van der Waals surface area contributed by atoms with E-state index >= 15 is 0 Å². The number of carboxylic acids is 1. The standard InChI is InChI=1S/C24H26N4O4S/c1-14-12-16(13-25-27-24(31)26-18-9-5-6-10-19(18)32-3)15(2)28(14)22-21(23(29)30)17-8-4-7-11-20(17)33-22/h5-6,9-10,12-13H,4,7-8,11H2,1-3H3,(H,29,30)(H2,26,27,31). The molecular formula is C24H26N4O4S. The molecular weight excluding hydrogens is 440 g/mol. The van der Waals surface area contributed by atoms with Crippen molar-refractivity contribution in [3.05, 3.63) is 63.3 Å². The number of ether oxygens (including phenoxy) is 1. The molecule has 9 heteroatoms. The summed E-state index contributed by atoms with van der Waals surface area (Å²) in [5, 5.41) is 17.4. The van der Waals surface area contributed by atoms with Gasteiger partial charge >= 0.3 is 12.0 Å². The van der Waals surface area contributed by atoms with E-state index in [0.29, 0.717) is 17.0 Å². The van der Waals surface area contributed by atoms with Crippen LogP contribution in [0, 0.1) is 13.8 Å². The number of amides is 2. The molecule has 0 spiro atoms. The Bertz CT molecular complexity index is 1240. The van der Waals surface area contributed by atoms with E-state index in [4.69, 9.17) is 4.74 Å². The molecule has 4 rings (SSSR count). The minimum Gasteiger partial charge on any atom is -0.495 e. The minimum atomic E-state index is -0.887. The Kier molecular flexibility index (Phi) is 6.50. The highest BCUT2D eigenvalue weighted by Crippen LogP contribution is 2.38. The normalized spacial score (nSPS) is 13.1. The molecule has 0 bridgehead atoms. The van der Waals surface area contributed by atoms with Gasteiger partial charge in [-0.05, 0) is 63.3 Å². The first kappa shape index (κ1) is 22.6. The van der Waals surface area contributed by atoms with Gasteiger partial charge in [0.1, 0.15) is 10.8 Å². The molecule has 0 saturated heterocycles. The summed E-state index contributed by atoms with van der Waals surface area (Å²) in [6.45, 7) is 3.87. The Balaban J connectivity index is 1.55. The zero-order chi connectivity index (χ0) is 23.5. The van der Waals surface area contributed by atoms with E-state index in [0.717, 1.165) is 53.2 Å². The van der Waals surface area contributed by atoms with Crippen molar-refractivity contribution in [2.45, 2.75) is 39.5 Å². The molecule has 2 amide bonds. The van der Waals surface area contributed by atoms with Crippen molar-refractivity contribution < 1.29 is 19.4 Å². The SMILES string of the molecule is COc1ccccc1NC(=O)NN=Cc1cc(C)n(-c2sc3c(c2C(=O)O)CCCC3)c1C. The third kappa shape index (κ3) is 4.49. The molecule has 2 aromatic heterocycles. The summed E-state index contributed by atoms with van der Waals surface area (Å²) in [7, 11) is 1.53. The van der Waals surface area contributed by atoms with Crippen LogP contribution in [0.3, 0.4) is 0 Å². The number of aromatic carboxylic acids is 1. The maximum absolute atomic E-state index is 12.2. The van der Waals surface area contributed by atoms with Crippen LogP contribution < -0.4 is 15.5 Å². The van der Waals surface area contributed by atoms with Gasteiger partial charge in [0.2, 0.25) is 0 Å². The van der Waals surface area contributed by atoms with Crippen LogP contribution in [0.5, 0.6) is 5.75 Å². The molecule has 8 nitrogen and oxygen atoms in total. The Morgan fingerprint density at radius 2 is 1.97 bits per heavy atom. The Morgan fingerprint density at radius 1 is 1.21 bits per heavy atom. The second-order valence-electron chi connectivity index (χ2n) is 7.88. The number of benzene rings is 1. The van der Waals surface area contributed by atoms with Gasteiger partial charge in [-0.25, -0.2) is 15.0 Å². The number of aryl methyl sites for hydroxylation is 2. The number of thiophene rings is 1. The number of para-hydroxylation sites is 2. The average molecular weight is 467 g/mol. The van der Waals surface area contributed by atoms with Gasteiger partial charge < -0.3 is 19.7 Å². The summed E-state index contributed by atoms with van der Waals surface area (Å²) in [6, 6.07) is 8.53. The highest BCUT2D eigenvalue weighted by molar-refractivity contribution is 7.15. The maximum atomic E-state index is 12.2. The van der Waals surface area contributed by atoms with Crippen LogP contribution in [0.4, 0.5) is 10.5 Å². The largest absolute Gasteiger partial charge is 0.495 e. The number of nitrogens with zero attached hydrogens (tertiary/aromatic N) is 2. The molecule has 33 heavy (non-hydrogen) atoms. The number of hydrogen-bond acceptors (Lipinski definition) is 5. The van der Waals surface area contributed by atoms with Gasteiger partial charge in [-0.2, -0.15) is 5.10 Å². The number of methoxy groups -OCH3 is 1. The van der Waals surface area contributed by atoms with E-state index in [2.05, 4.69) is 15.8 Å². The molecule has 0 atom stereocenters. The second-order valence-corrected chi connectivity index (χ2v) is 8.97. The predicted octanol–water partition coefficient (Wildman–Crippen LogP) is 4.90. The highest BCUT2D eigenvalue weighted by Gasteiger charge is 2.27. The highest BCUT2D eigenvalue weighted by atomic mass is 32.1. The van der Waals surface area contributed by atoms with Crippen LogP contribution in [0.1, 0.15) is 50.6 Å². The van der Waals surface area contributed by atoms with Gasteiger partial charge in [-0.15, -0.1) is 11.3 Å². The van der Waals surface area contributed by atoms with E-state index in [-0.39, 0.29) is 0 Å². The van der Waals surface area contributed by atoms with Crippen LogP contribution in [0.25, 0.3) is 5.00 Å². The molecule has 1 aliphatic carbocycles. The maximum Gasteiger partial charge on any atom is 0.339 e. The number of urea groups is 1. The number of hydrazone groups is 1. The summed E-state index contributed by atoms with van der Waals surface area (Å²) >= 11 is 1.56. The molecule has 1 aliphatic rings. The fourth-order valence-corrected chi connectivity index (χ4v) is 5.71. The van der Waals surface area contributed by atoms with Gasteiger partial charge in [-0.1, -0.05) is 12.1 Å². The molecule has 0 aliphatic heterocycles. The van der Waals surface area contributed by atoms with Gasteiger partial charge in [0.25, 0.3) is 0 Å². The Hall–Kier alpha value is -3.59. The predicted molar refractivity (Wildman–Crippen MR) is 129 cm³/mol. The minimum absolute atomic E-state index is 0.411. The average Bonchev–Trinajstić information content (AvgIpc) is 3.30. The number of carbonyl (C=O) groups is 2. The number of rotatable bonds is 6. The number of fused-ring (bicyclic) bond motifs is 1. The van der Waals surface area contributed by atoms with E-state index in [1.165, 1.54) is 12.0 Å². The van der Waals surface area contributed by atoms with Crippen molar-refractivity contribution in [1.29, 1.82) is 0 Å². The van der Waals surface area contributed by atoms with Gasteiger partial charge in [-0.3, -0.25) is 0 Å². The number of aromatic nitrogens is 1. The Labute approximate surface area is 195 Å². The monoisotopic (exact) mass is 466 g/mol. The van der Waals surface area contributed by atoms with E-state index in [1.54, 1.807) is 35.8 Å². The van der Waals surface area contributed by atoms with Crippen molar-refractivity contribution in [2.24, 2.45) is 5.10 Å². The molecule has 3 N–H and O–H groups in total. The lowest BCUT2D eigenvalue weighted by atomic mass is 9.95. The lowest BCUT2D eigenvalue weighted by molar-refractivity contribution is 0.0696. The van der Waals surface area contributed by atoms with E-state index in [9.17, 15) is 14.7 Å². The lowest BCUT2D eigenvalue weighted by Gasteiger charge is -2.11. The van der Waals surface area contributed by atoms with Crippen LogP contribution in [-0.4, -0.2) is 35.0 Å². The van der Waals surface area contributed by atoms with Crippen molar-refractivity contribution >= 4 is 35.2 Å². The zero-order valence-electron chi connectivity index (χ0n) is 18.8. The van der Waals surface area contributed by atoms with Crippen molar-refractivity contribution in [3.8, 4) is 10.8 Å².